The van der Waals surface area contributed by atoms with Gasteiger partial charge in [-0.15, -0.1) is 9.42 Å². The molecule has 3 rings (SSSR count). The highest BCUT2D eigenvalue weighted by atomic mass is 31.2. The van der Waals surface area contributed by atoms with Crippen molar-refractivity contribution in [2.45, 2.75) is 49.0 Å². The summed E-state index contributed by atoms with van der Waals surface area (Å²) >= 11 is 0. The largest absolute Gasteiger partial charge is 0.747 e. The zero-order valence-corrected chi connectivity index (χ0v) is 22.0. The second-order valence-electron chi connectivity index (χ2n) is 7.84. The van der Waals surface area contributed by atoms with Crippen molar-refractivity contribution in [3.8, 4) is 0 Å². The number of nitrogens with one attached hydrogen (secondary N) is 1. The Morgan fingerprint density at radius 2 is 1.88 bits per heavy atom. The smallest absolute Gasteiger partial charge is 0.394 e. The molecular formula is C16H24N8O15P2+2. The molecule has 23 nitrogen and oxygen atoms in total. The molecule has 10 atom stereocenters. The Morgan fingerprint density at radius 3 is 2.44 bits per heavy atom. The van der Waals surface area contributed by atoms with Gasteiger partial charge in [-0.25, -0.2) is 4.98 Å². The Bertz CT molecular complexity index is 1350. The van der Waals surface area contributed by atoms with Crippen molar-refractivity contribution in [1.29, 1.82) is 0 Å². The highest BCUT2D eigenvalue weighted by molar-refractivity contribution is 7.47. The van der Waals surface area contributed by atoms with E-state index in [-0.39, 0.29) is 23.4 Å². The molecule has 41 heavy (non-hydrogen) atoms. The topological polar surface area (TPSA) is 379 Å². The second-order valence-corrected chi connectivity index (χ2v) is 9.67. The Balaban J connectivity index is 0.000000415. The van der Waals surface area contributed by atoms with E-state index in [0.717, 1.165) is 4.57 Å². The van der Waals surface area contributed by atoms with Crippen molar-refractivity contribution in [3.05, 3.63) is 20.8 Å². The molecule has 2 aromatic rings. The molecule has 1 aliphatic rings. The highest BCUT2D eigenvalue weighted by Crippen LogP contribution is 2.39. The fraction of sp³-hybridized carbons (Fsp3) is 0.625. The number of nitrogen functional groups attached to an aromatic ring is 1. The van der Waals surface area contributed by atoms with E-state index < -0.39 is 90.2 Å². The number of ether oxygens (including phenoxy) is 1. The number of hydrogen-bond donors (Lipinski definition) is 10. The number of aromatic nitrogens is 4. The quantitative estimate of drug-likeness (QED) is 0.0353. The van der Waals surface area contributed by atoms with Gasteiger partial charge >= 0.3 is 16.5 Å². The lowest BCUT2D eigenvalue weighted by Crippen LogP contribution is -2.46. The van der Waals surface area contributed by atoms with Gasteiger partial charge < -0.3 is 51.0 Å². The molecule has 1 aliphatic heterocycles. The molecule has 2 unspecified atom stereocenters. The first-order valence-electron chi connectivity index (χ1n) is 10.8. The molecule has 1 saturated heterocycles. The average molecular weight is 630 g/mol. The molecule has 0 aromatic carbocycles. The van der Waals surface area contributed by atoms with E-state index in [2.05, 4.69) is 33.8 Å². The summed E-state index contributed by atoms with van der Waals surface area (Å²) in [6, 6.07) is 0. The first-order chi connectivity index (χ1) is 19.3. The van der Waals surface area contributed by atoms with Crippen LogP contribution >= 0.6 is 16.5 Å². The van der Waals surface area contributed by atoms with E-state index >= 15 is 0 Å². The number of nitrogens with zero attached hydrogens (tertiary/aromatic N) is 6. The van der Waals surface area contributed by atoms with Crippen molar-refractivity contribution in [1.82, 2.24) is 19.5 Å². The van der Waals surface area contributed by atoms with Crippen LogP contribution in [0.4, 0.5) is 11.9 Å². The minimum atomic E-state index is -3.18. The van der Waals surface area contributed by atoms with Crippen LogP contribution in [0, 0.1) is 0 Å². The van der Waals surface area contributed by atoms with Crippen LogP contribution in [0.2, 0.25) is 0 Å². The molecule has 11 N–H and O–H groups in total. The Hall–Kier alpha value is -3.11. The molecular weight excluding hydrogens is 606 g/mol. The van der Waals surface area contributed by atoms with Gasteiger partial charge in [-0.2, -0.15) is 4.98 Å². The third-order valence-corrected chi connectivity index (χ3v) is 6.63. The third kappa shape index (κ3) is 8.45. The molecule has 2 aromatic heterocycles. The fourth-order valence-electron chi connectivity index (χ4n) is 3.25. The Morgan fingerprint density at radius 1 is 1.22 bits per heavy atom. The number of hydrogen-bond acceptors (Lipinski definition) is 18. The second kappa shape index (κ2) is 15.2. The van der Waals surface area contributed by atoms with Crippen molar-refractivity contribution in [3.63, 3.8) is 0 Å². The number of aldehydes is 1. The molecule has 3 heterocycles. The monoisotopic (exact) mass is 630 g/mol. The van der Waals surface area contributed by atoms with Gasteiger partial charge in [-0.05, 0) is 10.6 Å². The summed E-state index contributed by atoms with van der Waals surface area (Å²) in [7, 11) is -6.17. The number of rotatable bonds is 12. The Labute approximate surface area is 227 Å². The zero-order valence-electron chi connectivity index (χ0n) is 20.2. The number of carbonyl (C=O) groups excluding carboxylic acids is 1. The van der Waals surface area contributed by atoms with Crippen molar-refractivity contribution in [2.24, 2.45) is 5.11 Å². The number of fused-ring (bicyclic) bond motifs is 1. The maximum absolute atomic E-state index is 12.0. The molecule has 1 fully saturated rings. The molecule has 0 radical (unpaired) electrons. The number of carbonyl (C=O) groups is 1. The van der Waals surface area contributed by atoms with E-state index in [1.165, 1.54) is 0 Å². The van der Waals surface area contributed by atoms with Gasteiger partial charge in [0.25, 0.3) is 5.56 Å². The van der Waals surface area contributed by atoms with E-state index in [1.807, 2.05) is 0 Å². The van der Waals surface area contributed by atoms with Gasteiger partial charge in [0.15, 0.2) is 28.0 Å². The van der Waals surface area contributed by atoms with Crippen molar-refractivity contribution >= 4 is 45.9 Å². The van der Waals surface area contributed by atoms with Crippen LogP contribution in [0.5, 0.6) is 0 Å². The van der Waals surface area contributed by atoms with Gasteiger partial charge in [-0.1, -0.05) is 0 Å². The minimum absolute atomic E-state index is 0.0258. The first-order valence-corrected chi connectivity index (χ1v) is 13.1. The predicted octanol–water partition coefficient (Wildman–Crippen LogP) is -3.78. The summed E-state index contributed by atoms with van der Waals surface area (Å²) in [6.45, 7) is -1.36. The molecule has 0 spiro atoms. The first kappa shape index (κ1) is 34.1. The van der Waals surface area contributed by atoms with E-state index in [9.17, 15) is 28.9 Å². The molecule has 0 amide bonds. The predicted molar refractivity (Wildman–Crippen MR) is 129 cm³/mol. The minimum Gasteiger partial charge on any atom is -0.394 e. The van der Waals surface area contributed by atoms with Crippen LogP contribution < -0.4 is 11.3 Å². The van der Waals surface area contributed by atoms with E-state index in [4.69, 9.17) is 46.4 Å². The van der Waals surface area contributed by atoms with Gasteiger partial charge in [0, 0.05) is 14.0 Å². The van der Waals surface area contributed by atoms with Crippen LogP contribution in [0.15, 0.2) is 9.91 Å². The van der Waals surface area contributed by atoms with E-state index in [1.54, 1.807) is 0 Å². The van der Waals surface area contributed by atoms with E-state index in [0.29, 0.717) is 0 Å². The van der Waals surface area contributed by atoms with Crippen LogP contribution in [-0.2, 0) is 27.5 Å². The summed E-state index contributed by atoms with van der Waals surface area (Å²) in [4.78, 5) is 42.9. The summed E-state index contributed by atoms with van der Waals surface area (Å²) < 4.78 is 36.9. The normalized spacial score (nSPS) is 23.9. The van der Waals surface area contributed by atoms with Gasteiger partial charge in [-0.3, -0.25) is 14.3 Å². The number of H-pyrrole nitrogens is 1. The van der Waals surface area contributed by atoms with Gasteiger partial charge in [0.05, 0.1) is 6.61 Å². The van der Waals surface area contributed by atoms with Crippen LogP contribution in [-0.4, -0.2) is 122 Å². The van der Waals surface area contributed by atoms with Gasteiger partial charge in [0.1, 0.15) is 49.3 Å². The highest BCUT2D eigenvalue weighted by Gasteiger charge is 2.48. The summed E-state index contributed by atoms with van der Waals surface area (Å²) in [5.41, 5.74) is 13.0. The Kier molecular flexibility index (Phi) is 12.6. The maximum Gasteiger partial charge on any atom is 0.747 e. The molecule has 25 heteroatoms. The molecule has 0 aliphatic carbocycles. The number of aromatic amines is 1. The fourth-order valence-corrected chi connectivity index (χ4v) is 4.16. The third-order valence-electron chi connectivity index (χ3n) is 5.18. The van der Waals surface area contributed by atoms with Crippen LogP contribution in [0.1, 0.15) is 6.23 Å². The SMILES string of the molecule is O=C[C@@H](O)[C@@H](O)[C@H](O)[C@H](O)CO.[N-]=[N+]=Nc1nc2c(=O)[nH]c(N)nc2n1[C@@H]1O[C@H](CO[P+](=O)O[P+](=O)O)[C@@H](O)[C@H]1O. The number of nitrogens with two attached hydrogens (primary N) is 1. The molecule has 0 bridgehead atoms. The summed E-state index contributed by atoms with van der Waals surface area (Å²) in [6.07, 6.45) is -12.8. The number of aliphatic hydroxyl groups is 7. The number of anilines is 1. The summed E-state index contributed by atoms with van der Waals surface area (Å²) in [5.74, 6) is -0.702. The molecule has 226 valence electrons. The van der Waals surface area contributed by atoms with Crippen molar-refractivity contribution < 1.29 is 68.1 Å². The average Bonchev–Trinajstić information content (AvgIpc) is 3.41. The lowest BCUT2D eigenvalue weighted by atomic mass is 10.0. The lowest BCUT2D eigenvalue weighted by molar-refractivity contribution is -0.136. The lowest BCUT2D eigenvalue weighted by Gasteiger charge is -2.22. The van der Waals surface area contributed by atoms with Gasteiger partial charge in [0.2, 0.25) is 11.9 Å². The molecule has 0 saturated carbocycles. The number of azide groups is 1. The standard InChI is InChI=1S/C10H10N8O9P2.C6H12O6/c11-9-14-6-3(7(21)15-9)13-10(16-17-12)18(6)8-5(20)4(19)2(26-8)1-25-29(24)27-28(22)23;7-1-3(9)5(11)6(12)4(10)2-8/h2,4-5,8,19-20H,1H2,(H2-2,11,14,15,21,22,23);1,3-6,8-12H,2H2/p+2/t2-,4-,5-,8-;3-,4-,5-,6-/m11/s1. The number of imidazole rings is 1. The summed E-state index contributed by atoms with van der Waals surface area (Å²) in [5, 5.41) is 67.4. The van der Waals surface area contributed by atoms with Crippen molar-refractivity contribution in [2.75, 3.05) is 18.9 Å². The zero-order chi connectivity index (χ0) is 31.0. The van der Waals surface area contributed by atoms with Crippen LogP contribution in [0.25, 0.3) is 21.6 Å². The van der Waals surface area contributed by atoms with Crippen LogP contribution in [0.3, 0.4) is 0 Å². The number of aliphatic hydroxyl groups excluding tert-OH is 7. The maximum atomic E-state index is 12.0.